The van der Waals surface area contributed by atoms with Gasteiger partial charge in [0.15, 0.2) is 5.96 Å². The standard InChI is InChI=1S/C24H29N5OS/c1-19-9-11-20(12-10-19)17-31-15-14-27-24(26-13-5-8-22-16-25-18-28-22)29-23(30)21-6-3-2-4-7-21/h2-4,6-7,9-12,16,18H,5,8,13-15,17H2,1H3,(H,25,28)(H2,26,27,29,30). The molecule has 1 amide bonds. The van der Waals surface area contributed by atoms with E-state index in [9.17, 15) is 4.79 Å². The molecule has 3 N–H and O–H groups in total. The molecule has 0 bridgehead atoms. The molecule has 0 fully saturated rings. The van der Waals surface area contributed by atoms with Crippen molar-refractivity contribution in [2.75, 3.05) is 18.8 Å². The van der Waals surface area contributed by atoms with Gasteiger partial charge in [-0.05, 0) is 37.5 Å². The highest BCUT2D eigenvalue weighted by Crippen LogP contribution is 2.12. The third-order valence-electron chi connectivity index (χ3n) is 4.62. The number of thioether (sulfide) groups is 1. The number of nitrogens with one attached hydrogen (secondary N) is 3. The smallest absolute Gasteiger partial charge is 0.257 e. The number of aromatic nitrogens is 2. The number of nitrogens with zero attached hydrogens (tertiary/aromatic N) is 2. The van der Waals surface area contributed by atoms with E-state index in [2.05, 4.69) is 56.8 Å². The molecule has 0 saturated carbocycles. The fourth-order valence-corrected chi connectivity index (χ4v) is 3.70. The third-order valence-corrected chi connectivity index (χ3v) is 5.63. The first-order valence-electron chi connectivity index (χ1n) is 10.5. The van der Waals surface area contributed by atoms with Crippen LogP contribution in [0.5, 0.6) is 0 Å². The second kappa shape index (κ2) is 12.6. The summed E-state index contributed by atoms with van der Waals surface area (Å²) in [5, 5.41) is 6.18. The lowest BCUT2D eigenvalue weighted by molar-refractivity contribution is 0.0975. The van der Waals surface area contributed by atoms with Crippen molar-refractivity contribution in [1.82, 2.24) is 20.6 Å². The number of carbonyl (C=O) groups excluding carboxylic acids is 1. The summed E-state index contributed by atoms with van der Waals surface area (Å²) in [6.45, 7) is 3.43. The molecule has 7 heteroatoms. The highest BCUT2D eigenvalue weighted by Gasteiger charge is 2.08. The van der Waals surface area contributed by atoms with Gasteiger partial charge in [0.25, 0.3) is 5.91 Å². The van der Waals surface area contributed by atoms with Crippen LogP contribution in [0.2, 0.25) is 0 Å². The van der Waals surface area contributed by atoms with Crippen molar-refractivity contribution in [3.05, 3.63) is 89.5 Å². The summed E-state index contributed by atoms with van der Waals surface area (Å²) in [6.07, 6.45) is 5.34. The van der Waals surface area contributed by atoms with Crippen molar-refractivity contribution in [3.63, 3.8) is 0 Å². The minimum atomic E-state index is -0.161. The normalized spacial score (nSPS) is 11.3. The van der Waals surface area contributed by atoms with Crippen molar-refractivity contribution in [2.24, 2.45) is 4.99 Å². The first-order valence-corrected chi connectivity index (χ1v) is 11.6. The van der Waals surface area contributed by atoms with Crippen LogP contribution in [0.4, 0.5) is 0 Å². The molecular formula is C24H29N5OS. The molecule has 0 aliphatic carbocycles. The van der Waals surface area contributed by atoms with Gasteiger partial charge in [0, 0.05) is 29.8 Å². The number of benzene rings is 2. The van der Waals surface area contributed by atoms with Crippen LogP contribution in [0.3, 0.4) is 0 Å². The Morgan fingerprint density at radius 1 is 1.13 bits per heavy atom. The summed E-state index contributed by atoms with van der Waals surface area (Å²) < 4.78 is 0. The van der Waals surface area contributed by atoms with E-state index in [1.807, 2.05) is 36.2 Å². The monoisotopic (exact) mass is 435 g/mol. The number of aromatic amines is 1. The van der Waals surface area contributed by atoms with Crippen LogP contribution < -0.4 is 10.6 Å². The van der Waals surface area contributed by atoms with E-state index < -0.39 is 0 Å². The number of H-pyrrole nitrogens is 1. The first-order chi connectivity index (χ1) is 15.2. The zero-order chi connectivity index (χ0) is 21.7. The first kappa shape index (κ1) is 22.6. The average Bonchev–Trinajstić information content (AvgIpc) is 3.31. The number of amides is 1. The lowest BCUT2D eigenvalue weighted by atomic mass is 10.2. The molecule has 0 saturated heterocycles. The predicted octanol–water partition coefficient (Wildman–Crippen LogP) is 3.96. The van der Waals surface area contributed by atoms with Gasteiger partial charge >= 0.3 is 0 Å². The van der Waals surface area contributed by atoms with Crippen molar-refractivity contribution < 1.29 is 4.79 Å². The zero-order valence-corrected chi connectivity index (χ0v) is 18.6. The molecule has 0 aliphatic rings. The lowest BCUT2D eigenvalue weighted by Crippen LogP contribution is -2.41. The van der Waals surface area contributed by atoms with Crippen LogP contribution in [0.25, 0.3) is 0 Å². The van der Waals surface area contributed by atoms with E-state index in [4.69, 9.17) is 0 Å². The maximum Gasteiger partial charge on any atom is 0.257 e. The fraction of sp³-hybridized carbons (Fsp3) is 0.292. The Kier molecular flexibility index (Phi) is 9.19. The molecule has 162 valence electrons. The fourth-order valence-electron chi connectivity index (χ4n) is 2.91. The molecule has 2 aromatic carbocycles. The molecule has 0 atom stereocenters. The summed E-state index contributed by atoms with van der Waals surface area (Å²) in [4.78, 5) is 24.3. The van der Waals surface area contributed by atoms with E-state index >= 15 is 0 Å². The van der Waals surface area contributed by atoms with Crippen LogP contribution in [0.1, 0.15) is 33.6 Å². The molecule has 0 aliphatic heterocycles. The number of aliphatic imine (C=N–C) groups is 1. The quantitative estimate of drug-likeness (QED) is 0.256. The topological polar surface area (TPSA) is 82.2 Å². The number of hydrogen-bond acceptors (Lipinski definition) is 4. The van der Waals surface area contributed by atoms with Crippen molar-refractivity contribution in [3.8, 4) is 0 Å². The van der Waals surface area contributed by atoms with E-state index in [0.29, 0.717) is 24.6 Å². The van der Waals surface area contributed by atoms with Gasteiger partial charge in [-0.2, -0.15) is 11.8 Å². The van der Waals surface area contributed by atoms with Gasteiger partial charge in [-0.25, -0.2) is 4.98 Å². The molecule has 0 spiro atoms. The van der Waals surface area contributed by atoms with Crippen LogP contribution in [0, 0.1) is 6.92 Å². The Morgan fingerprint density at radius 3 is 2.68 bits per heavy atom. The van der Waals surface area contributed by atoms with Crippen molar-refractivity contribution in [1.29, 1.82) is 0 Å². The van der Waals surface area contributed by atoms with Gasteiger partial charge in [0.1, 0.15) is 0 Å². The second-order valence-corrected chi connectivity index (χ2v) is 8.28. The number of hydrogen-bond donors (Lipinski definition) is 3. The largest absolute Gasteiger partial charge is 0.356 e. The molecule has 31 heavy (non-hydrogen) atoms. The Labute approximate surface area is 188 Å². The minimum absolute atomic E-state index is 0.161. The summed E-state index contributed by atoms with van der Waals surface area (Å²) >= 11 is 1.84. The Hall–Kier alpha value is -3.06. The minimum Gasteiger partial charge on any atom is -0.356 e. The van der Waals surface area contributed by atoms with Crippen LogP contribution in [0.15, 0.2) is 72.1 Å². The number of rotatable bonds is 10. The van der Waals surface area contributed by atoms with Gasteiger partial charge in [0.05, 0.1) is 18.6 Å². The molecule has 6 nitrogen and oxygen atoms in total. The van der Waals surface area contributed by atoms with Crippen LogP contribution >= 0.6 is 11.8 Å². The van der Waals surface area contributed by atoms with E-state index in [-0.39, 0.29) is 5.91 Å². The Morgan fingerprint density at radius 2 is 1.94 bits per heavy atom. The van der Waals surface area contributed by atoms with Crippen LogP contribution in [-0.4, -0.2) is 40.7 Å². The van der Waals surface area contributed by atoms with E-state index in [1.165, 1.54) is 11.1 Å². The zero-order valence-electron chi connectivity index (χ0n) is 17.8. The van der Waals surface area contributed by atoms with Crippen molar-refractivity contribution >= 4 is 23.6 Å². The van der Waals surface area contributed by atoms with Gasteiger partial charge < -0.3 is 10.3 Å². The maximum absolute atomic E-state index is 12.5. The molecule has 3 rings (SSSR count). The molecule has 3 aromatic rings. The number of guanidine groups is 1. The average molecular weight is 436 g/mol. The number of carbonyl (C=O) groups is 1. The van der Waals surface area contributed by atoms with E-state index in [1.54, 1.807) is 18.5 Å². The molecular weight excluding hydrogens is 406 g/mol. The van der Waals surface area contributed by atoms with E-state index in [0.717, 1.165) is 30.0 Å². The number of aryl methyl sites for hydroxylation is 2. The second-order valence-electron chi connectivity index (χ2n) is 7.18. The summed E-state index contributed by atoms with van der Waals surface area (Å²) in [6, 6.07) is 17.8. The summed E-state index contributed by atoms with van der Waals surface area (Å²) in [5.41, 5.74) is 4.23. The van der Waals surface area contributed by atoms with Gasteiger partial charge in [-0.15, -0.1) is 0 Å². The molecule has 1 heterocycles. The molecule has 0 radical (unpaired) electrons. The lowest BCUT2D eigenvalue weighted by Gasteiger charge is -2.12. The Balaban J connectivity index is 1.48. The highest BCUT2D eigenvalue weighted by atomic mass is 32.2. The van der Waals surface area contributed by atoms with Crippen molar-refractivity contribution in [2.45, 2.75) is 25.5 Å². The summed E-state index contributed by atoms with van der Waals surface area (Å²) in [7, 11) is 0. The van der Waals surface area contributed by atoms with Gasteiger partial charge in [0.2, 0.25) is 0 Å². The Bertz CT molecular complexity index is 940. The highest BCUT2D eigenvalue weighted by molar-refractivity contribution is 7.98. The summed E-state index contributed by atoms with van der Waals surface area (Å²) in [5.74, 6) is 2.20. The van der Waals surface area contributed by atoms with Crippen LogP contribution in [-0.2, 0) is 12.2 Å². The van der Waals surface area contributed by atoms with Gasteiger partial charge in [-0.1, -0.05) is 48.0 Å². The number of imidazole rings is 1. The predicted molar refractivity (Wildman–Crippen MR) is 128 cm³/mol. The SMILES string of the molecule is Cc1ccc(CSCC/N=C(/NCCCc2c[nH]cn2)NC(=O)c2ccccc2)cc1. The third kappa shape index (κ3) is 8.30. The molecule has 0 unspecified atom stereocenters. The van der Waals surface area contributed by atoms with Gasteiger partial charge in [-0.3, -0.25) is 15.1 Å². The molecule has 1 aromatic heterocycles. The maximum atomic E-state index is 12.5.